The molecule has 0 aliphatic carbocycles. The van der Waals surface area contributed by atoms with Crippen LogP contribution in [-0.4, -0.2) is 19.7 Å². The molecule has 0 aliphatic rings. The lowest BCUT2D eigenvalue weighted by atomic mass is 10.1. The lowest BCUT2D eigenvalue weighted by Gasteiger charge is -2.04. The summed E-state index contributed by atoms with van der Waals surface area (Å²) in [7, 11) is 0. The molecule has 3 aromatic rings. The van der Waals surface area contributed by atoms with Crippen molar-refractivity contribution in [3.8, 4) is 16.9 Å². The normalized spacial score (nSPS) is 10.5. The lowest BCUT2D eigenvalue weighted by molar-refractivity contribution is 0.940. The van der Waals surface area contributed by atoms with Gasteiger partial charge in [0.15, 0.2) is 0 Å². The molecular formula is C13H10N4S. The van der Waals surface area contributed by atoms with E-state index in [1.165, 1.54) is 0 Å². The number of hydrogen-bond acceptors (Lipinski definition) is 4. The van der Waals surface area contributed by atoms with Crippen molar-refractivity contribution in [2.75, 3.05) is 0 Å². The van der Waals surface area contributed by atoms with Gasteiger partial charge in [-0.25, -0.2) is 4.98 Å². The average Bonchev–Trinajstić information content (AvgIpc) is 2.94. The van der Waals surface area contributed by atoms with E-state index in [1.807, 2.05) is 47.2 Å². The van der Waals surface area contributed by atoms with E-state index in [1.54, 1.807) is 12.5 Å². The van der Waals surface area contributed by atoms with Crippen LogP contribution < -0.4 is 0 Å². The molecule has 0 fully saturated rings. The highest BCUT2D eigenvalue weighted by Gasteiger charge is 2.01. The molecule has 0 saturated carbocycles. The number of thiol groups is 1. The highest BCUT2D eigenvalue weighted by atomic mass is 32.1. The zero-order valence-corrected chi connectivity index (χ0v) is 10.3. The largest absolute Gasteiger partial charge is 0.306 e. The summed E-state index contributed by atoms with van der Waals surface area (Å²) in [6.45, 7) is 0. The first-order chi connectivity index (χ1) is 8.83. The summed E-state index contributed by atoms with van der Waals surface area (Å²) in [5, 5.41) is 8.64. The van der Waals surface area contributed by atoms with Crippen LogP contribution in [0.4, 0.5) is 0 Å². The van der Waals surface area contributed by atoms with Gasteiger partial charge in [-0.05, 0) is 24.3 Å². The van der Waals surface area contributed by atoms with Gasteiger partial charge in [-0.3, -0.25) is 0 Å². The quantitative estimate of drug-likeness (QED) is 0.715. The molecule has 2 aromatic heterocycles. The maximum atomic E-state index is 4.12. The third-order valence-electron chi connectivity index (χ3n) is 2.62. The van der Waals surface area contributed by atoms with E-state index >= 15 is 0 Å². The second-order valence-electron chi connectivity index (χ2n) is 3.79. The van der Waals surface area contributed by atoms with Gasteiger partial charge in [0.2, 0.25) is 0 Å². The van der Waals surface area contributed by atoms with Crippen LogP contribution in [0.25, 0.3) is 16.9 Å². The van der Waals surface area contributed by atoms with Crippen molar-refractivity contribution in [1.29, 1.82) is 0 Å². The molecule has 88 valence electrons. The first kappa shape index (κ1) is 11.0. The van der Waals surface area contributed by atoms with Gasteiger partial charge in [-0.15, -0.1) is 22.8 Å². The Morgan fingerprint density at radius 3 is 2.39 bits per heavy atom. The summed E-state index contributed by atoms with van der Waals surface area (Å²) in [4.78, 5) is 4.02. The molecule has 2 heterocycles. The van der Waals surface area contributed by atoms with Crippen molar-refractivity contribution in [3.05, 3.63) is 55.1 Å². The molecule has 0 unspecified atom stereocenters. The Hall–Kier alpha value is -2.14. The summed E-state index contributed by atoms with van der Waals surface area (Å²) in [5.41, 5.74) is 2.93. The van der Waals surface area contributed by atoms with Crippen LogP contribution in [0.1, 0.15) is 0 Å². The molecule has 18 heavy (non-hydrogen) atoms. The first-order valence-electron chi connectivity index (χ1n) is 5.44. The van der Waals surface area contributed by atoms with Gasteiger partial charge in [-0.2, -0.15) is 0 Å². The van der Waals surface area contributed by atoms with Crippen molar-refractivity contribution >= 4 is 12.6 Å². The maximum absolute atomic E-state index is 4.12. The van der Waals surface area contributed by atoms with Gasteiger partial charge in [0.05, 0.1) is 12.0 Å². The number of imidazole rings is 1. The molecule has 0 atom stereocenters. The van der Waals surface area contributed by atoms with E-state index < -0.39 is 0 Å². The Kier molecular flexibility index (Phi) is 2.82. The van der Waals surface area contributed by atoms with E-state index in [0.717, 1.165) is 16.9 Å². The number of aromatic nitrogens is 4. The maximum Gasteiger partial charge on any atom is 0.116 e. The Balaban J connectivity index is 1.94. The first-order valence-corrected chi connectivity index (χ1v) is 5.89. The van der Waals surface area contributed by atoms with E-state index in [2.05, 4.69) is 27.8 Å². The van der Waals surface area contributed by atoms with Gasteiger partial charge in [0.25, 0.3) is 0 Å². The van der Waals surface area contributed by atoms with E-state index in [4.69, 9.17) is 0 Å². The zero-order valence-electron chi connectivity index (χ0n) is 9.43. The SMILES string of the molecule is Sc1ccc(-c2ccc(-n3ccnc3)cc2)nn1. The van der Waals surface area contributed by atoms with Gasteiger partial charge < -0.3 is 4.57 Å². The smallest absolute Gasteiger partial charge is 0.116 e. The van der Waals surface area contributed by atoms with Crippen molar-refractivity contribution < 1.29 is 0 Å². The summed E-state index contributed by atoms with van der Waals surface area (Å²) >= 11 is 4.12. The average molecular weight is 254 g/mol. The topological polar surface area (TPSA) is 43.6 Å². The summed E-state index contributed by atoms with van der Waals surface area (Å²) < 4.78 is 1.95. The number of hydrogen-bond donors (Lipinski definition) is 1. The molecule has 0 aliphatic heterocycles. The van der Waals surface area contributed by atoms with Crippen molar-refractivity contribution in [2.45, 2.75) is 5.03 Å². The molecule has 5 heteroatoms. The van der Waals surface area contributed by atoms with Crippen LogP contribution in [0.3, 0.4) is 0 Å². The Morgan fingerprint density at radius 1 is 0.944 bits per heavy atom. The third kappa shape index (κ3) is 2.12. The fourth-order valence-corrected chi connectivity index (χ4v) is 1.81. The minimum atomic E-state index is 0.619. The Bertz CT molecular complexity index is 630. The molecule has 0 N–H and O–H groups in total. The minimum Gasteiger partial charge on any atom is -0.306 e. The second kappa shape index (κ2) is 4.62. The molecular weight excluding hydrogens is 244 g/mol. The standard InChI is InChI=1S/C13H10N4S/c18-13-6-5-12(15-16-13)10-1-3-11(4-2-10)17-8-7-14-9-17/h1-9H,(H,16,18). The number of benzene rings is 1. The van der Waals surface area contributed by atoms with Gasteiger partial charge in [0.1, 0.15) is 5.03 Å². The van der Waals surface area contributed by atoms with Crippen LogP contribution in [0.5, 0.6) is 0 Å². The molecule has 4 nitrogen and oxygen atoms in total. The van der Waals surface area contributed by atoms with E-state index in [-0.39, 0.29) is 0 Å². The fourth-order valence-electron chi connectivity index (χ4n) is 1.70. The zero-order chi connectivity index (χ0) is 12.4. The molecule has 1 aromatic carbocycles. The summed E-state index contributed by atoms with van der Waals surface area (Å²) in [6.07, 6.45) is 5.43. The molecule has 0 spiro atoms. The van der Waals surface area contributed by atoms with Crippen LogP contribution in [-0.2, 0) is 0 Å². The fraction of sp³-hybridized carbons (Fsp3) is 0. The highest BCUT2D eigenvalue weighted by molar-refractivity contribution is 7.80. The van der Waals surface area contributed by atoms with Gasteiger partial charge in [0, 0.05) is 23.6 Å². The number of rotatable bonds is 2. The highest BCUT2D eigenvalue weighted by Crippen LogP contribution is 2.18. The molecule has 3 rings (SSSR count). The molecule has 0 amide bonds. The van der Waals surface area contributed by atoms with Crippen molar-refractivity contribution in [1.82, 2.24) is 19.7 Å². The lowest BCUT2D eigenvalue weighted by Crippen LogP contribution is -1.91. The van der Waals surface area contributed by atoms with E-state index in [9.17, 15) is 0 Å². The molecule has 0 radical (unpaired) electrons. The molecule has 0 bridgehead atoms. The second-order valence-corrected chi connectivity index (χ2v) is 4.25. The predicted molar refractivity (Wildman–Crippen MR) is 71.8 cm³/mol. The van der Waals surface area contributed by atoms with Gasteiger partial charge >= 0.3 is 0 Å². The van der Waals surface area contributed by atoms with Crippen LogP contribution in [0.2, 0.25) is 0 Å². The number of nitrogens with zero attached hydrogens (tertiary/aromatic N) is 4. The summed E-state index contributed by atoms with van der Waals surface area (Å²) in [6, 6.07) is 11.8. The monoisotopic (exact) mass is 254 g/mol. The third-order valence-corrected chi connectivity index (χ3v) is 2.85. The minimum absolute atomic E-state index is 0.619. The predicted octanol–water partition coefficient (Wildman–Crippen LogP) is 2.62. The van der Waals surface area contributed by atoms with Crippen molar-refractivity contribution in [3.63, 3.8) is 0 Å². The molecule has 0 saturated heterocycles. The van der Waals surface area contributed by atoms with Crippen molar-refractivity contribution in [2.24, 2.45) is 0 Å². The Labute approximate surface area is 110 Å². The van der Waals surface area contributed by atoms with Gasteiger partial charge in [-0.1, -0.05) is 12.1 Å². The summed E-state index contributed by atoms with van der Waals surface area (Å²) in [5.74, 6) is 0. The Morgan fingerprint density at radius 2 is 1.78 bits per heavy atom. The van der Waals surface area contributed by atoms with Crippen LogP contribution >= 0.6 is 12.6 Å². The van der Waals surface area contributed by atoms with Crippen LogP contribution in [0, 0.1) is 0 Å². The van der Waals surface area contributed by atoms with E-state index in [0.29, 0.717) is 5.03 Å². The van der Waals surface area contributed by atoms with Crippen LogP contribution in [0.15, 0.2) is 60.1 Å².